The Hall–Kier alpha value is -3.86. The average molecular weight is 1080 g/mol. The van der Waals surface area contributed by atoms with Crippen molar-refractivity contribution in [3.8, 4) is 0 Å². The normalized spacial score (nSPS) is 14.1. The van der Waals surface area contributed by atoms with Gasteiger partial charge in [-0.05, 0) is 122 Å². The van der Waals surface area contributed by atoms with Crippen molar-refractivity contribution in [3.63, 3.8) is 0 Å². The number of ether oxygens (including phenoxy) is 3. The molecule has 2 N–H and O–H groups in total. The molecule has 0 aromatic heterocycles. The van der Waals surface area contributed by atoms with E-state index in [1.165, 1.54) is 38.5 Å². The van der Waals surface area contributed by atoms with Gasteiger partial charge in [0.05, 0.1) is 19.8 Å². The van der Waals surface area contributed by atoms with Crippen molar-refractivity contribution in [2.75, 3.05) is 26.4 Å². The van der Waals surface area contributed by atoms with Crippen LogP contribution >= 0.6 is 7.82 Å². The number of allylic oxidation sites excluding steroid dienone is 18. The zero-order chi connectivity index (χ0) is 55.5. The number of hydrogen-bond donors (Lipinski definition) is 2. The molecule has 0 saturated carbocycles. The van der Waals surface area contributed by atoms with Crippen LogP contribution in [0.1, 0.15) is 239 Å². The maximum absolute atomic E-state index is 12.9. The number of phosphoric acid groups is 1. The minimum absolute atomic E-state index is 0.142. The Morgan fingerprint density at radius 1 is 0.382 bits per heavy atom. The molecule has 0 saturated heterocycles. The van der Waals surface area contributed by atoms with Crippen molar-refractivity contribution in [2.24, 2.45) is 0 Å². The van der Waals surface area contributed by atoms with Gasteiger partial charge in [-0.3, -0.25) is 23.4 Å². The summed E-state index contributed by atoms with van der Waals surface area (Å²) in [4.78, 5) is 48.6. The lowest BCUT2D eigenvalue weighted by Gasteiger charge is -2.21. The molecule has 0 aliphatic rings. The Balaban J connectivity index is 4.78. The van der Waals surface area contributed by atoms with Gasteiger partial charge in [0.2, 0.25) is 0 Å². The Bertz CT molecular complexity index is 1690. The smallest absolute Gasteiger partial charge is 0.462 e. The summed E-state index contributed by atoms with van der Waals surface area (Å²) in [5.41, 5.74) is 0. The number of hydrogen-bond acceptors (Lipinski definition) is 10. The largest absolute Gasteiger partial charge is 0.472 e. The highest BCUT2D eigenvalue weighted by atomic mass is 31.2. The van der Waals surface area contributed by atoms with E-state index >= 15 is 0 Å². The van der Waals surface area contributed by atoms with E-state index in [1.54, 1.807) is 0 Å². The van der Waals surface area contributed by atoms with Gasteiger partial charge in [0, 0.05) is 19.3 Å². The zero-order valence-corrected chi connectivity index (χ0v) is 48.8. The molecule has 3 atom stereocenters. The summed E-state index contributed by atoms with van der Waals surface area (Å²) in [6.07, 6.45) is 69.0. The molecule has 0 aliphatic heterocycles. The van der Waals surface area contributed by atoms with E-state index in [2.05, 4.69) is 130 Å². The second kappa shape index (κ2) is 57.3. The van der Waals surface area contributed by atoms with Crippen LogP contribution in [0.4, 0.5) is 0 Å². The average Bonchev–Trinajstić information content (AvgIpc) is 3.41. The van der Waals surface area contributed by atoms with Crippen molar-refractivity contribution < 1.29 is 52.2 Å². The predicted octanol–water partition coefficient (Wildman–Crippen LogP) is 17.8. The van der Waals surface area contributed by atoms with Crippen LogP contribution < -0.4 is 0 Å². The lowest BCUT2D eigenvalue weighted by atomic mass is 10.1. The molecule has 76 heavy (non-hydrogen) atoms. The van der Waals surface area contributed by atoms with Crippen molar-refractivity contribution in [2.45, 2.75) is 251 Å². The van der Waals surface area contributed by atoms with Crippen molar-refractivity contribution in [1.82, 2.24) is 0 Å². The fraction of sp³-hybridized carbons (Fsp3) is 0.672. The molecule has 12 heteroatoms. The summed E-state index contributed by atoms with van der Waals surface area (Å²) < 4.78 is 39.5. The Labute approximate surface area is 463 Å². The van der Waals surface area contributed by atoms with Gasteiger partial charge in [-0.2, -0.15) is 0 Å². The van der Waals surface area contributed by atoms with Gasteiger partial charge >= 0.3 is 25.7 Å². The van der Waals surface area contributed by atoms with Gasteiger partial charge in [-0.1, -0.05) is 207 Å². The van der Waals surface area contributed by atoms with E-state index in [1.807, 2.05) is 0 Å². The molecular formula is C64H107O11P. The SMILES string of the molecule is CC/C=C\C/C=C\C/C=C\C/C=C\CCCCC(=O)OCC(COP(=O)(O)OCC(CO)OC(=O)CCCCCCCCC/C=C\C/C=C\CCCCC)OC(=O)CCCCCCCCC/C=C\C/C=C\C/C=C\CC. The van der Waals surface area contributed by atoms with E-state index in [0.717, 1.165) is 141 Å². The highest BCUT2D eigenvalue weighted by molar-refractivity contribution is 7.47. The Morgan fingerprint density at radius 2 is 0.684 bits per heavy atom. The van der Waals surface area contributed by atoms with E-state index in [4.69, 9.17) is 23.3 Å². The molecule has 0 aliphatic carbocycles. The number of unbranched alkanes of at least 4 members (excludes halogenated alkanes) is 19. The van der Waals surface area contributed by atoms with Gasteiger partial charge in [-0.15, -0.1) is 0 Å². The molecule has 0 aromatic carbocycles. The molecule has 0 amide bonds. The molecule has 0 fully saturated rings. The number of aliphatic hydroxyl groups is 1. The van der Waals surface area contributed by atoms with Crippen LogP contribution in [0.25, 0.3) is 0 Å². The van der Waals surface area contributed by atoms with Crippen LogP contribution in [-0.2, 0) is 42.2 Å². The van der Waals surface area contributed by atoms with Crippen LogP contribution in [0.15, 0.2) is 109 Å². The monoisotopic (exact) mass is 1080 g/mol. The third kappa shape index (κ3) is 54.9. The molecular weight excluding hydrogens is 976 g/mol. The summed E-state index contributed by atoms with van der Waals surface area (Å²) in [6, 6.07) is 0. The van der Waals surface area contributed by atoms with Gasteiger partial charge in [0.1, 0.15) is 12.7 Å². The molecule has 0 heterocycles. The second-order valence-corrected chi connectivity index (χ2v) is 20.8. The van der Waals surface area contributed by atoms with Crippen molar-refractivity contribution in [1.29, 1.82) is 0 Å². The quantitative estimate of drug-likeness (QED) is 0.0197. The number of carbonyl (C=O) groups is 3. The summed E-state index contributed by atoms with van der Waals surface area (Å²) in [6.45, 7) is 4.33. The van der Waals surface area contributed by atoms with Crippen LogP contribution in [0.2, 0.25) is 0 Å². The van der Waals surface area contributed by atoms with E-state index in [9.17, 15) is 28.9 Å². The number of rotatable bonds is 54. The van der Waals surface area contributed by atoms with Gasteiger partial charge in [0.15, 0.2) is 6.10 Å². The molecule has 3 unspecified atom stereocenters. The summed E-state index contributed by atoms with van der Waals surface area (Å²) in [7, 11) is -4.77. The second-order valence-electron chi connectivity index (χ2n) is 19.4. The first kappa shape index (κ1) is 72.1. The minimum atomic E-state index is -4.77. The summed E-state index contributed by atoms with van der Waals surface area (Å²) in [5.74, 6) is -1.54. The lowest BCUT2D eigenvalue weighted by molar-refractivity contribution is -0.161. The first-order valence-electron chi connectivity index (χ1n) is 29.8. The topological polar surface area (TPSA) is 155 Å². The molecule has 0 radical (unpaired) electrons. The summed E-state index contributed by atoms with van der Waals surface area (Å²) in [5, 5.41) is 9.83. The first-order valence-corrected chi connectivity index (χ1v) is 31.3. The van der Waals surface area contributed by atoms with Crippen molar-refractivity contribution >= 4 is 25.7 Å². The predicted molar refractivity (Wildman–Crippen MR) is 316 cm³/mol. The molecule has 11 nitrogen and oxygen atoms in total. The minimum Gasteiger partial charge on any atom is -0.462 e. The van der Waals surface area contributed by atoms with Crippen LogP contribution in [0.3, 0.4) is 0 Å². The highest BCUT2D eigenvalue weighted by Gasteiger charge is 2.28. The molecule has 0 spiro atoms. The zero-order valence-electron chi connectivity index (χ0n) is 47.9. The first-order chi connectivity index (χ1) is 37.2. The van der Waals surface area contributed by atoms with Gasteiger partial charge in [-0.25, -0.2) is 4.57 Å². The van der Waals surface area contributed by atoms with Crippen LogP contribution in [0, 0.1) is 0 Å². The number of phosphoric ester groups is 1. The number of carbonyl (C=O) groups excluding carboxylic acids is 3. The molecule has 0 bridgehead atoms. The maximum atomic E-state index is 12.9. The fourth-order valence-corrected chi connectivity index (χ4v) is 8.47. The van der Waals surface area contributed by atoms with Gasteiger partial charge in [0.25, 0.3) is 0 Å². The molecule has 434 valence electrons. The van der Waals surface area contributed by atoms with E-state index in [0.29, 0.717) is 19.3 Å². The Morgan fingerprint density at radius 3 is 1.08 bits per heavy atom. The Kier molecular flexibility index (Phi) is 54.4. The third-order valence-corrected chi connectivity index (χ3v) is 13.1. The van der Waals surface area contributed by atoms with Gasteiger partial charge < -0.3 is 24.2 Å². The van der Waals surface area contributed by atoms with E-state index in [-0.39, 0.29) is 25.9 Å². The summed E-state index contributed by atoms with van der Waals surface area (Å²) >= 11 is 0. The standard InChI is InChI=1S/C64H107O11P/c1-4-7-10-13-16-19-22-25-28-30-33-36-39-42-45-48-51-54-63(67)74-60(56-65)58-72-76(69,70)73-59-61(57-71-62(66)53-50-47-44-41-38-35-32-27-24-21-18-15-12-9-6-3)75-64(68)55-52-49-46-43-40-37-34-31-29-26-23-20-17-14-11-8-5-2/h8-9,11-12,16-21,25-29,32,38,41,60-61,65H,4-7,10,13-15,22-24,30-31,33-37,39-40,42-59H2,1-3H3,(H,69,70)/b11-8-,12-9-,19-16-,20-17-,21-18-,28-25-,29-26-,32-27-,41-38-. The van der Waals surface area contributed by atoms with Crippen LogP contribution in [-0.4, -0.2) is 66.5 Å². The molecule has 0 rings (SSSR count). The maximum Gasteiger partial charge on any atom is 0.472 e. The number of esters is 3. The van der Waals surface area contributed by atoms with Crippen molar-refractivity contribution in [3.05, 3.63) is 109 Å². The number of aliphatic hydroxyl groups excluding tert-OH is 1. The lowest BCUT2D eigenvalue weighted by Crippen LogP contribution is -2.30. The highest BCUT2D eigenvalue weighted by Crippen LogP contribution is 2.43. The fourth-order valence-electron chi connectivity index (χ4n) is 7.69. The van der Waals surface area contributed by atoms with E-state index < -0.39 is 57.8 Å². The third-order valence-electron chi connectivity index (χ3n) is 12.2. The van der Waals surface area contributed by atoms with Crippen LogP contribution in [0.5, 0.6) is 0 Å². The molecule has 0 aromatic rings.